The Morgan fingerprint density at radius 1 is 1.20 bits per heavy atom. The van der Waals surface area contributed by atoms with E-state index in [1.54, 1.807) is 6.92 Å². The Hall–Kier alpha value is -1.85. The predicted octanol–water partition coefficient (Wildman–Crippen LogP) is 1.97. The first-order valence-electron chi connectivity index (χ1n) is 4.81. The van der Waals surface area contributed by atoms with Crippen LogP contribution in [0.4, 0.5) is 0 Å². The summed E-state index contributed by atoms with van der Waals surface area (Å²) in [6.07, 6.45) is -0.613. The highest BCUT2D eigenvalue weighted by atomic mass is 16.3. The highest BCUT2D eigenvalue weighted by Gasteiger charge is 1.94. The molecule has 74 valence electrons. The third kappa shape index (κ3) is 2.34. The van der Waals surface area contributed by atoms with E-state index in [2.05, 4.69) is 16.8 Å². The quantitative estimate of drug-likeness (QED) is 0.655. The zero-order valence-corrected chi connectivity index (χ0v) is 8.44. The number of benzene rings is 1. The molecule has 1 heterocycles. The molecule has 1 aromatic heterocycles. The average molecular weight is 197 g/mol. The minimum absolute atomic E-state index is 0.613. The van der Waals surface area contributed by atoms with Gasteiger partial charge in [-0.1, -0.05) is 30.2 Å². The van der Waals surface area contributed by atoms with Gasteiger partial charge in [-0.2, -0.15) is 0 Å². The molecule has 1 atom stereocenters. The summed E-state index contributed by atoms with van der Waals surface area (Å²) >= 11 is 0. The lowest BCUT2D eigenvalue weighted by Crippen LogP contribution is -1.93. The minimum Gasteiger partial charge on any atom is -0.381 e. The number of hydrogen-bond donors (Lipinski definition) is 1. The van der Waals surface area contributed by atoms with Gasteiger partial charge in [0.1, 0.15) is 11.8 Å². The molecule has 0 fully saturated rings. The van der Waals surface area contributed by atoms with Crippen LogP contribution < -0.4 is 0 Å². The topological polar surface area (TPSA) is 33.1 Å². The summed E-state index contributed by atoms with van der Waals surface area (Å²) in [6.45, 7) is 1.63. The van der Waals surface area contributed by atoms with Crippen LogP contribution in [-0.2, 0) is 0 Å². The fraction of sp³-hybridized carbons (Fsp3) is 0.154. The van der Waals surface area contributed by atoms with Gasteiger partial charge in [-0.05, 0) is 25.0 Å². The molecule has 1 unspecified atom stereocenters. The number of hydrogen-bond acceptors (Lipinski definition) is 2. The molecule has 0 saturated carbocycles. The molecule has 15 heavy (non-hydrogen) atoms. The van der Waals surface area contributed by atoms with E-state index in [-0.39, 0.29) is 0 Å². The van der Waals surface area contributed by atoms with Gasteiger partial charge in [-0.15, -0.1) is 0 Å². The van der Waals surface area contributed by atoms with E-state index in [1.807, 2.05) is 36.4 Å². The maximum absolute atomic E-state index is 9.03. The molecule has 0 aliphatic carbocycles. The lowest BCUT2D eigenvalue weighted by molar-refractivity contribution is 0.253. The Labute approximate surface area is 88.6 Å². The van der Waals surface area contributed by atoms with Crippen molar-refractivity contribution >= 4 is 10.9 Å². The highest BCUT2D eigenvalue weighted by molar-refractivity contribution is 5.78. The van der Waals surface area contributed by atoms with Gasteiger partial charge in [0.2, 0.25) is 0 Å². The summed E-state index contributed by atoms with van der Waals surface area (Å²) in [5, 5.41) is 10.1. The number of aliphatic hydroxyl groups is 1. The van der Waals surface area contributed by atoms with E-state index in [0.717, 1.165) is 10.9 Å². The summed E-state index contributed by atoms with van der Waals surface area (Å²) in [5.74, 6) is 5.49. The van der Waals surface area contributed by atoms with E-state index in [0.29, 0.717) is 5.69 Å². The van der Waals surface area contributed by atoms with Crippen molar-refractivity contribution in [2.45, 2.75) is 13.0 Å². The highest BCUT2D eigenvalue weighted by Crippen LogP contribution is 2.10. The van der Waals surface area contributed by atoms with Crippen LogP contribution in [0.3, 0.4) is 0 Å². The van der Waals surface area contributed by atoms with Crippen molar-refractivity contribution in [2.24, 2.45) is 0 Å². The largest absolute Gasteiger partial charge is 0.381 e. The Kier molecular flexibility index (Phi) is 2.66. The molecule has 2 rings (SSSR count). The fourth-order valence-corrected chi connectivity index (χ4v) is 1.31. The van der Waals surface area contributed by atoms with Crippen molar-refractivity contribution < 1.29 is 5.11 Å². The zero-order valence-electron chi connectivity index (χ0n) is 8.44. The first kappa shape index (κ1) is 9.70. The van der Waals surface area contributed by atoms with Crippen LogP contribution in [0, 0.1) is 11.8 Å². The predicted molar refractivity (Wildman–Crippen MR) is 60.3 cm³/mol. The van der Waals surface area contributed by atoms with Crippen LogP contribution in [0.1, 0.15) is 12.6 Å². The number of pyridine rings is 1. The first-order valence-corrected chi connectivity index (χ1v) is 4.81. The number of nitrogens with zero attached hydrogens (tertiary/aromatic N) is 1. The van der Waals surface area contributed by atoms with Gasteiger partial charge in [0.15, 0.2) is 0 Å². The van der Waals surface area contributed by atoms with Crippen LogP contribution in [0.25, 0.3) is 10.9 Å². The van der Waals surface area contributed by atoms with E-state index < -0.39 is 6.10 Å². The van der Waals surface area contributed by atoms with Gasteiger partial charge < -0.3 is 5.11 Å². The Balaban J connectivity index is 2.44. The third-order valence-corrected chi connectivity index (χ3v) is 2.01. The maximum Gasteiger partial charge on any atom is 0.113 e. The molecule has 1 N–H and O–H groups in total. The Bertz CT molecular complexity index is 535. The van der Waals surface area contributed by atoms with Crippen molar-refractivity contribution in [3.05, 3.63) is 42.1 Å². The second kappa shape index (κ2) is 4.12. The molecule has 0 radical (unpaired) electrons. The fourth-order valence-electron chi connectivity index (χ4n) is 1.31. The van der Waals surface area contributed by atoms with Gasteiger partial charge in [-0.3, -0.25) is 0 Å². The van der Waals surface area contributed by atoms with Crippen molar-refractivity contribution in [3.63, 3.8) is 0 Å². The molecule has 0 aliphatic heterocycles. The lowest BCUT2D eigenvalue weighted by atomic mass is 10.2. The SMILES string of the molecule is CC(O)C#Cc1ccc2ccccc2n1. The second-order valence-electron chi connectivity index (χ2n) is 3.33. The molecular formula is C13H11NO. The van der Waals surface area contributed by atoms with Crippen LogP contribution in [0.5, 0.6) is 0 Å². The molecule has 0 saturated heterocycles. The number of para-hydroxylation sites is 1. The molecule has 2 heteroatoms. The molecule has 1 aromatic carbocycles. The molecule has 0 bridgehead atoms. The normalized spacial score (nSPS) is 11.9. The van der Waals surface area contributed by atoms with Crippen LogP contribution in [0.15, 0.2) is 36.4 Å². The molecule has 2 nitrogen and oxygen atoms in total. The van der Waals surface area contributed by atoms with Gasteiger partial charge in [0.05, 0.1) is 5.52 Å². The van der Waals surface area contributed by atoms with E-state index in [9.17, 15) is 0 Å². The van der Waals surface area contributed by atoms with Crippen molar-refractivity contribution in [1.29, 1.82) is 0 Å². The Morgan fingerprint density at radius 2 is 2.00 bits per heavy atom. The number of rotatable bonds is 0. The summed E-state index contributed by atoms with van der Waals surface area (Å²) < 4.78 is 0. The second-order valence-corrected chi connectivity index (χ2v) is 3.33. The summed E-state index contributed by atoms with van der Waals surface area (Å²) in [7, 11) is 0. The van der Waals surface area contributed by atoms with E-state index in [1.165, 1.54) is 0 Å². The lowest BCUT2D eigenvalue weighted by Gasteiger charge is -1.96. The average Bonchev–Trinajstić information content (AvgIpc) is 2.26. The van der Waals surface area contributed by atoms with Gasteiger partial charge in [0.25, 0.3) is 0 Å². The maximum atomic E-state index is 9.03. The zero-order chi connectivity index (χ0) is 10.7. The number of aliphatic hydroxyl groups excluding tert-OH is 1. The molecule has 0 spiro atoms. The minimum atomic E-state index is -0.613. The summed E-state index contributed by atoms with van der Waals surface area (Å²) in [4.78, 5) is 4.36. The van der Waals surface area contributed by atoms with Crippen LogP contribution in [-0.4, -0.2) is 16.2 Å². The molecular weight excluding hydrogens is 186 g/mol. The summed E-state index contributed by atoms with van der Waals surface area (Å²) in [5.41, 5.74) is 1.62. The third-order valence-electron chi connectivity index (χ3n) is 2.01. The molecule has 0 aliphatic rings. The van der Waals surface area contributed by atoms with E-state index in [4.69, 9.17) is 5.11 Å². The molecule has 0 amide bonds. The monoisotopic (exact) mass is 197 g/mol. The Morgan fingerprint density at radius 3 is 2.80 bits per heavy atom. The van der Waals surface area contributed by atoms with Gasteiger partial charge in [-0.25, -0.2) is 4.98 Å². The van der Waals surface area contributed by atoms with Crippen LogP contribution in [0.2, 0.25) is 0 Å². The summed E-state index contributed by atoms with van der Waals surface area (Å²) in [6, 6.07) is 11.7. The van der Waals surface area contributed by atoms with Crippen LogP contribution >= 0.6 is 0 Å². The molecule has 2 aromatic rings. The van der Waals surface area contributed by atoms with E-state index >= 15 is 0 Å². The number of aromatic nitrogens is 1. The smallest absolute Gasteiger partial charge is 0.113 e. The van der Waals surface area contributed by atoms with Crippen molar-refractivity contribution in [3.8, 4) is 11.8 Å². The van der Waals surface area contributed by atoms with Crippen molar-refractivity contribution in [2.75, 3.05) is 0 Å². The number of fused-ring (bicyclic) bond motifs is 1. The van der Waals surface area contributed by atoms with Gasteiger partial charge in [0, 0.05) is 5.39 Å². The van der Waals surface area contributed by atoms with Crippen molar-refractivity contribution in [1.82, 2.24) is 4.98 Å². The first-order chi connectivity index (χ1) is 7.25. The standard InChI is InChI=1S/C13H11NO/c1-10(15)6-8-12-9-7-11-4-2-3-5-13(11)14-12/h2-5,7,9-10,15H,1H3. The van der Waals surface area contributed by atoms with Gasteiger partial charge >= 0.3 is 0 Å².